The summed E-state index contributed by atoms with van der Waals surface area (Å²) < 4.78 is 9.40. The number of amides is 1. The summed E-state index contributed by atoms with van der Waals surface area (Å²) in [6.07, 6.45) is 0.877. The van der Waals surface area contributed by atoms with Gasteiger partial charge in [-0.1, -0.05) is 6.92 Å². The molecule has 0 aliphatic carbocycles. The van der Waals surface area contributed by atoms with Crippen LogP contribution in [0.1, 0.15) is 13.3 Å². The number of methoxy groups -OCH3 is 2. The SMILES string of the molecule is CCCN(CC(=O)NCCOC)CC(=O)OC. The van der Waals surface area contributed by atoms with Crippen LogP contribution >= 0.6 is 0 Å². The first-order valence-corrected chi connectivity index (χ1v) is 5.68. The number of hydrogen-bond acceptors (Lipinski definition) is 5. The van der Waals surface area contributed by atoms with E-state index in [-0.39, 0.29) is 25.0 Å². The van der Waals surface area contributed by atoms with Crippen LogP contribution in [-0.2, 0) is 19.1 Å². The number of rotatable bonds is 9. The molecule has 0 aliphatic rings. The molecule has 0 saturated carbocycles. The first-order chi connectivity index (χ1) is 8.13. The number of nitrogens with zero attached hydrogens (tertiary/aromatic N) is 1. The standard InChI is InChI=1S/C11H22N2O4/c1-4-6-13(9-11(15)17-3)8-10(14)12-5-7-16-2/h4-9H2,1-3H3,(H,12,14). The Balaban J connectivity index is 3.96. The minimum Gasteiger partial charge on any atom is -0.468 e. The van der Waals surface area contributed by atoms with Gasteiger partial charge in [0.05, 0.1) is 26.8 Å². The van der Waals surface area contributed by atoms with Crippen molar-refractivity contribution in [3.05, 3.63) is 0 Å². The predicted molar refractivity (Wildman–Crippen MR) is 63.6 cm³/mol. The average molecular weight is 246 g/mol. The van der Waals surface area contributed by atoms with E-state index < -0.39 is 0 Å². The van der Waals surface area contributed by atoms with Gasteiger partial charge in [-0.2, -0.15) is 0 Å². The molecule has 100 valence electrons. The molecular weight excluding hydrogens is 224 g/mol. The summed E-state index contributed by atoms with van der Waals surface area (Å²) in [5.74, 6) is -0.442. The van der Waals surface area contributed by atoms with Crippen molar-refractivity contribution >= 4 is 11.9 Å². The van der Waals surface area contributed by atoms with Crippen LogP contribution in [0.2, 0.25) is 0 Å². The fourth-order valence-corrected chi connectivity index (χ4v) is 1.33. The van der Waals surface area contributed by atoms with Crippen molar-refractivity contribution in [1.29, 1.82) is 0 Å². The highest BCUT2D eigenvalue weighted by Crippen LogP contribution is 1.92. The lowest BCUT2D eigenvalue weighted by Crippen LogP contribution is -2.41. The molecule has 0 fully saturated rings. The van der Waals surface area contributed by atoms with Crippen LogP contribution in [0.4, 0.5) is 0 Å². The summed E-state index contributed by atoms with van der Waals surface area (Å²) >= 11 is 0. The van der Waals surface area contributed by atoms with Crippen molar-refractivity contribution in [2.75, 3.05) is 47.0 Å². The zero-order valence-electron chi connectivity index (χ0n) is 10.8. The summed E-state index contributed by atoms with van der Waals surface area (Å²) in [5, 5.41) is 2.71. The lowest BCUT2D eigenvalue weighted by Gasteiger charge is -2.19. The third kappa shape index (κ3) is 8.65. The molecule has 0 rings (SSSR count). The Kier molecular flexibility index (Phi) is 9.37. The first kappa shape index (κ1) is 15.9. The molecule has 1 amide bonds. The number of esters is 1. The van der Waals surface area contributed by atoms with Gasteiger partial charge in [-0.05, 0) is 13.0 Å². The lowest BCUT2D eigenvalue weighted by atomic mass is 10.3. The van der Waals surface area contributed by atoms with Crippen molar-refractivity contribution in [2.45, 2.75) is 13.3 Å². The molecule has 0 aromatic heterocycles. The van der Waals surface area contributed by atoms with Gasteiger partial charge in [0, 0.05) is 13.7 Å². The summed E-state index contributed by atoms with van der Waals surface area (Å²) in [6.45, 7) is 3.98. The maximum absolute atomic E-state index is 11.5. The maximum Gasteiger partial charge on any atom is 0.319 e. The van der Waals surface area contributed by atoms with E-state index in [9.17, 15) is 9.59 Å². The van der Waals surface area contributed by atoms with Crippen molar-refractivity contribution < 1.29 is 19.1 Å². The van der Waals surface area contributed by atoms with Crippen molar-refractivity contribution in [2.24, 2.45) is 0 Å². The van der Waals surface area contributed by atoms with Gasteiger partial charge in [0.2, 0.25) is 5.91 Å². The maximum atomic E-state index is 11.5. The molecule has 0 aromatic rings. The smallest absolute Gasteiger partial charge is 0.319 e. The summed E-state index contributed by atoms with van der Waals surface area (Å²) in [5.41, 5.74) is 0. The topological polar surface area (TPSA) is 67.9 Å². The van der Waals surface area contributed by atoms with E-state index in [2.05, 4.69) is 10.1 Å². The quantitative estimate of drug-likeness (QED) is 0.444. The molecule has 6 heteroatoms. The molecule has 0 radical (unpaired) electrons. The fraction of sp³-hybridized carbons (Fsp3) is 0.818. The van der Waals surface area contributed by atoms with Crippen LogP contribution in [-0.4, -0.2) is 63.8 Å². The third-order valence-electron chi connectivity index (χ3n) is 2.12. The Bertz CT molecular complexity index is 234. The molecule has 6 nitrogen and oxygen atoms in total. The van der Waals surface area contributed by atoms with E-state index in [0.29, 0.717) is 19.7 Å². The first-order valence-electron chi connectivity index (χ1n) is 5.68. The Morgan fingerprint density at radius 2 is 1.94 bits per heavy atom. The molecule has 1 N–H and O–H groups in total. The zero-order chi connectivity index (χ0) is 13.1. The third-order valence-corrected chi connectivity index (χ3v) is 2.12. The number of carbonyl (C=O) groups excluding carboxylic acids is 2. The van der Waals surface area contributed by atoms with Crippen LogP contribution in [0, 0.1) is 0 Å². The molecule has 0 unspecified atom stereocenters. The monoisotopic (exact) mass is 246 g/mol. The second-order valence-electron chi connectivity index (χ2n) is 3.63. The van der Waals surface area contributed by atoms with Crippen LogP contribution in [0.3, 0.4) is 0 Å². The number of carbonyl (C=O) groups is 2. The van der Waals surface area contributed by atoms with E-state index in [1.807, 2.05) is 6.92 Å². The molecule has 0 atom stereocenters. The van der Waals surface area contributed by atoms with Gasteiger partial charge in [0.1, 0.15) is 0 Å². The molecule has 0 spiro atoms. The van der Waals surface area contributed by atoms with Crippen molar-refractivity contribution in [3.8, 4) is 0 Å². The Labute approximate surface area is 102 Å². The summed E-state index contributed by atoms with van der Waals surface area (Å²) in [7, 11) is 2.91. The van der Waals surface area contributed by atoms with Crippen LogP contribution < -0.4 is 5.32 Å². The molecule has 0 saturated heterocycles. The highest BCUT2D eigenvalue weighted by atomic mass is 16.5. The minimum atomic E-state index is -0.330. The van der Waals surface area contributed by atoms with Gasteiger partial charge in [0.25, 0.3) is 0 Å². The number of nitrogens with one attached hydrogen (secondary N) is 1. The van der Waals surface area contributed by atoms with Gasteiger partial charge >= 0.3 is 5.97 Å². The van der Waals surface area contributed by atoms with E-state index in [4.69, 9.17) is 4.74 Å². The van der Waals surface area contributed by atoms with Gasteiger partial charge in [-0.15, -0.1) is 0 Å². The molecular formula is C11H22N2O4. The van der Waals surface area contributed by atoms with Crippen molar-refractivity contribution in [3.63, 3.8) is 0 Å². The molecule has 0 heterocycles. The molecule has 0 aromatic carbocycles. The van der Waals surface area contributed by atoms with Crippen LogP contribution in [0.5, 0.6) is 0 Å². The van der Waals surface area contributed by atoms with Gasteiger partial charge in [-0.3, -0.25) is 14.5 Å². The van der Waals surface area contributed by atoms with E-state index in [1.54, 1.807) is 12.0 Å². The lowest BCUT2D eigenvalue weighted by molar-refractivity contribution is -0.142. The average Bonchev–Trinajstić information content (AvgIpc) is 2.29. The molecule has 0 bridgehead atoms. The van der Waals surface area contributed by atoms with E-state index >= 15 is 0 Å². The number of hydrogen-bond donors (Lipinski definition) is 1. The largest absolute Gasteiger partial charge is 0.468 e. The Morgan fingerprint density at radius 1 is 1.24 bits per heavy atom. The normalized spacial score (nSPS) is 10.4. The predicted octanol–water partition coefficient (Wildman–Crippen LogP) is -0.366. The van der Waals surface area contributed by atoms with Crippen molar-refractivity contribution in [1.82, 2.24) is 10.2 Å². The van der Waals surface area contributed by atoms with Gasteiger partial charge < -0.3 is 14.8 Å². The zero-order valence-corrected chi connectivity index (χ0v) is 10.8. The van der Waals surface area contributed by atoms with E-state index in [0.717, 1.165) is 6.42 Å². The fourth-order valence-electron chi connectivity index (χ4n) is 1.33. The summed E-state index contributed by atoms with van der Waals surface area (Å²) in [4.78, 5) is 24.4. The second kappa shape index (κ2) is 10.0. The van der Waals surface area contributed by atoms with Crippen LogP contribution in [0.15, 0.2) is 0 Å². The second-order valence-corrected chi connectivity index (χ2v) is 3.63. The van der Waals surface area contributed by atoms with E-state index in [1.165, 1.54) is 7.11 Å². The van der Waals surface area contributed by atoms with Gasteiger partial charge in [-0.25, -0.2) is 0 Å². The van der Waals surface area contributed by atoms with Crippen LogP contribution in [0.25, 0.3) is 0 Å². The number of ether oxygens (including phenoxy) is 2. The highest BCUT2D eigenvalue weighted by molar-refractivity contribution is 5.79. The molecule has 17 heavy (non-hydrogen) atoms. The summed E-state index contributed by atoms with van der Waals surface area (Å²) in [6, 6.07) is 0. The molecule has 0 aliphatic heterocycles. The van der Waals surface area contributed by atoms with Gasteiger partial charge in [0.15, 0.2) is 0 Å². The highest BCUT2D eigenvalue weighted by Gasteiger charge is 2.13. The Morgan fingerprint density at radius 3 is 2.47 bits per heavy atom. The Hall–Kier alpha value is -1.14. The minimum absolute atomic E-state index is 0.112.